The Morgan fingerprint density at radius 1 is 0.766 bits per heavy atom. The number of nitrogens with zero attached hydrogens (tertiary/aromatic N) is 1. The van der Waals surface area contributed by atoms with E-state index in [1.54, 1.807) is 45.0 Å². The topological polar surface area (TPSA) is 188 Å². The first-order valence-corrected chi connectivity index (χ1v) is 15.5. The van der Waals surface area contributed by atoms with Crippen LogP contribution in [0.2, 0.25) is 0 Å². The van der Waals surface area contributed by atoms with E-state index in [0.29, 0.717) is 32.1 Å². The molecule has 3 N–H and O–H groups in total. The fraction of sp³-hybridized carbons (Fsp3) is 0.562. The van der Waals surface area contributed by atoms with E-state index in [0.717, 1.165) is 10.5 Å². The molecule has 5 amide bonds. The van der Waals surface area contributed by atoms with Crippen LogP contribution in [0.25, 0.3) is 0 Å². The van der Waals surface area contributed by atoms with Gasteiger partial charge in [-0.15, -0.1) is 0 Å². The van der Waals surface area contributed by atoms with Gasteiger partial charge >= 0.3 is 5.97 Å². The molecule has 0 spiro atoms. The highest BCUT2D eigenvalue weighted by molar-refractivity contribution is 6.12. The maximum absolute atomic E-state index is 12.9. The predicted octanol–water partition coefficient (Wildman–Crippen LogP) is 1.45. The third kappa shape index (κ3) is 15.3. The molecular formula is C32H52N4O11. The zero-order chi connectivity index (χ0) is 34.6. The van der Waals surface area contributed by atoms with Crippen molar-refractivity contribution in [2.24, 2.45) is 5.92 Å². The van der Waals surface area contributed by atoms with Crippen LogP contribution in [0.3, 0.4) is 0 Å². The lowest BCUT2D eigenvalue weighted by Gasteiger charge is -2.24. The third-order valence-corrected chi connectivity index (χ3v) is 6.64. The molecule has 2 atom stereocenters. The molecule has 0 saturated carbocycles. The number of esters is 1. The van der Waals surface area contributed by atoms with Crippen LogP contribution in [0.4, 0.5) is 5.69 Å². The van der Waals surface area contributed by atoms with E-state index in [1.165, 1.54) is 19.1 Å². The van der Waals surface area contributed by atoms with Gasteiger partial charge in [-0.05, 0) is 30.5 Å². The van der Waals surface area contributed by atoms with E-state index >= 15 is 0 Å². The summed E-state index contributed by atoms with van der Waals surface area (Å²) in [7, 11) is 0. The fourth-order valence-electron chi connectivity index (χ4n) is 3.95. The number of hydrogen-bond acceptors (Lipinski definition) is 11. The molecule has 0 radical (unpaired) electrons. The van der Waals surface area contributed by atoms with Gasteiger partial charge in [-0.3, -0.25) is 33.7 Å². The number of benzene rings is 1. The first-order chi connectivity index (χ1) is 22.5. The van der Waals surface area contributed by atoms with Crippen LogP contribution < -0.4 is 16.0 Å². The Hall–Kier alpha value is -4.18. The molecule has 1 aromatic carbocycles. The third-order valence-electron chi connectivity index (χ3n) is 6.64. The quantitative estimate of drug-likeness (QED) is 0.0870. The maximum Gasteiger partial charge on any atom is 0.305 e. The highest BCUT2D eigenvalue weighted by Gasteiger charge is 2.27. The zero-order valence-corrected chi connectivity index (χ0v) is 27.4. The van der Waals surface area contributed by atoms with Crippen LogP contribution in [0.5, 0.6) is 0 Å². The summed E-state index contributed by atoms with van der Waals surface area (Å²) in [6, 6.07) is 5.02. The van der Waals surface area contributed by atoms with E-state index in [4.69, 9.17) is 23.7 Å². The number of ether oxygens (including phenoxy) is 5. The summed E-state index contributed by atoms with van der Waals surface area (Å²) in [6.07, 6.45) is 2.74. The van der Waals surface area contributed by atoms with E-state index in [1.807, 2.05) is 0 Å². The van der Waals surface area contributed by atoms with Crippen molar-refractivity contribution < 1.29 is 56.7 Å². The number of anilines is 1. The summed E-state index contributed by atoms with van der Waals surface area (Å²) in [6.45, 7) is 8.71. The molecule has 47 heavy (non-hydrogen) atoms. The molecule has 0 bridgehead atoms. The highest BCUT2D eigenvalue weighted by Crippen LogP contribution is 2.12. The molecule has 15 heteroatoms. The number of hydrogen-bond donors (Lipinski definition) is 3. The molecule has 0 saturated heterocycles. The Morgan fingerprint density at radius 3 is 1.87 bits per heavy atom. The Kier molecular flexibility index (Phi) is 17.9. The Balaban J connectivity index is 0. The van der Waals surface area contributed by atoms with Crippen molar-refractivity contribution in [1.82, 2.24) is 15.5 Å². The number of imide groups is 1. The molecule has 15 nitrogen and oxygen atoms in total. The van der Waals surface area contributed by atoms with Gasteiger partial charge in [-0.25, -0.2) is 0 Å². The molecule has 1 heterocycles. The zero-order valence-electron chi connectivity index (χ0n) is 27.4. The first kappa shape index (κ1) is 39.0. The number of nitrogens with one attached hydrogen (secondary N) is 3. The minimum atomic E-state index is -0.883. The van der Waals surface area contributed by atoms with Crippen molar-refractivity contribution in [1.29, 1.82) is 0 Å². The molecular weight excluding hydrogens is 616 g/mol. The van der Waals surface area contributed by atoms with Crippen molar-refractivity contribution in [2.75, 3.05) is 64.7 Å². The van der Waals surface area contributed by atoms with Crippen molar-refractivity contribution in [3.63, 3.8) is 0 Å². The average molecular weight is 669 g/mol. The van der Waals surface area contributed by atoms with E-state index in [9.17, 15) is 28.8 Å². The molecule has 0 aliphatic carbocycles. The van der Waals surface area contributed by atoms with Crippen LogP contribution in [0.1, 0.15) is 44.0 Å². The number of amides is 5. The minimum absolute atomic E-state index is 0. The number of carbonyl (C=O) groups excluding carboxylic acids is 6. The summed E-state index contributed by atoms with van der Waals surface area (Å²) >= 11 is 0. The van der Waals surface area contributed by atoms with Gasteiger partial charge in [-0.1, -0.05) is 32.9 Å². The standard InChI is InChI=1S/C32H46N4O11.3H2/c1-5-29(40)47-20-24-6-8-25(9-7-24)34-31(41)23(4)33-32(42)30(22(2)3)35-26(37)21-46-19-18-45-17-16-44-15-14-43-13-12-36-27(38)10-11-28(36)39;;;/h6-11,22-23,30H,5,12-21H2,1-4H3,(H,33,42)(H,34,41)(H,35,37);3*1H/t23-,30-;;;/m0.../s1. The SMILES string of the molecule is CCC(=O)OCc1ccc(NC(=O)[C@H](C)NC(=O)[C@@H](NC(=O)COCCOCCOCCOCCN2C(=O)C=CC2=O)C(C)C)cc1.[HH].[HH].[HH]. The van der Waals surface area contributed by atoms with Gasteiger partial charge in [0.1, 0.15) is 25.3 Å². The molecule has 1 aromatic rings. The normalized spacial score (nSPS) is 13.9. The molecule has 266 valence electrons. The molecule has 2 rings (SSSR count). The summed E-state index contributed by atoms with van der Waals surface area (Å²) in [4.78, 5) is 73.2. The summed E-state index contributed by atoms with van der Waals surface area (Å²) < 4.78 is 26.6. The van der Waals surface area contributed by atoms with Crippen molar-refractivity contribution in [2.45, 2.75) is 52.8 Å². The van der Waals surface area contributed by atoms with Gasteiger partial charge in [0.15, 0.2) is 0 Å². The van der Waals surface area contributed by atoms with Crippen molar-refractivity contribution in [3.05, 3.63) is 42.0 Å². The predicted molar refractivity (Wildman–Crippen MR) is 175 cm³/mol. The second-order valence-electron chi connectivity index (χ2n) is 10.8. The smallest absolute Gasteiger partial charge is 0.305 e. The maximum atomic E-state index is 12.9. The lowest BCUT2D eigenvalue weighted by molar-refractivity contribution is -0.144. The largest absolute Gasteiger partial charge is 0.461 e. The molecule has 0 aromatic heterocycles. The lowest BCUT2D eigenvalue weighted by atomic mass is 10.0. The minimum Gasteiger partial charge on any atom is -0.461 e. The summed E-state index contributed by atoms with van der Waals surface area (Å²) in [5.74, 6) is -2.68. The molecule has 1 aliphatic heterocycles. The second-order valence-corrected chi connectivity index (χ2v) is 10.8. The van der Waals surface area contributed by atoms with Gasteiger partial charge in [0.05, 0.1) is 52.8 Å². The van der Waals surface area contributed by atoms with Crippen molar-refractivity contribution in [3.8, 4) is 0 Å². The van der Waals surface area contributed by atoms with E-state index < -0.39 is 29.8 Å². The van der Waals surface area contributed by atoms with Gasteiger partial charge in [0.25, 0.3) is 11.8 Å². The van der Waals surface area contributed by atoms with E-state index in [2.05, 4.69) is 16.0 Å². The monoisotopic (exact) mass is 668 g/mol. The second kappa shape index (κ2) is 21.6. The number of rotatable bonds is 23. The van der Waals surface area contributed by atoms with Crippen LogP contribution in [0.15, 0.2) is 36.4 Å². The fourth-order valence-corrected chi connectivity index (χ4v) is 3.95. The van der Waals surface area contributed by atoms with Gasteiger partial charge in [0, 0.05) is 28.5 Å². The van der Waals surface area contributed by atoms with Crippen molar-refractivity contribution >= 4 is 41.2 Å². The van der Waals surface area contributed by atoms with Gasteiger partial charge < -0.3 is 39.6 Å². The van der Waals surface area contributed by atoms with Crippen LogP contribution >= 0.6 is 0 Å². The first-order valence-electron chi connectivity index (χ1n) is 15.5. The average Bonchev–Trinajstić information content (AvgIpc) is 3.37. The molecule has 0 unspecified atom stereocenters. The van der Waals surface area contributed by atoms with Crippen LogP contribution in [0, 0.1) is 5.92 Å². The number of carbonyl (C=O) groups is 6. The Labute approximate surface area is 279 Å². The Bertz CT molecular complexity index is 1220. The summed E-state index contributed by atoms with van der Waals surface area (Å²) in [5, 5.41) is 8.00. The van der Waals surface area contributed by atoms with Gasteiger partial charge in [-0.2, -0.15) is 0 Å². The van der Waals surface area contributed by atoms with Crippen LogP contribution in [-0.2, 0) is 59.1 Å². The van der Waals surface area contributed by atoms with Crippen LogP contribution in [-0.4, -0.2) is 112 Å². The molecule has 1 aliphatic rings. The highest BCUT2D eigenvalue weighted by atomic mass is 16.6. The lowest BCUT2D eigenvalue weighted by Crippen LogP contribution is -2.54. The molecule has 0 fully saturated rings. The van der Waals surface area contributed by atoms with E-state index in [-0.39, 0.29) is 74.0 Å². The Morgan fingerprint density at radius 2 is 1.32 bits per heavy atom. The summed E-state index contributed by atoms with van der Waals surface area (Å²) in [5.41, 5.74) is 1.28. The van der Waals surface area contributed by atoms with Gasteiger partial charge in [0.2, 0.25) is 17.7 Å².